The quantitative estimate of drug-likeness (QED) is 0.681. The molecule has 1 N–H and O–H groups in total. The highest BCUT2D eigenvalue weighted by molar-refractivity contribution is 4.89. The highest BCUT2D eigenvalue weighted by Gasteiger charge is 2.35. The van der Waals surface area contributed by atoms with Crippen molar-refractivity contribution >= 4 is 0 Å². The van der Waals surface area contributed by atoms with Crippen LogP contribution in [-0.2, 0) is 4.74 Å². The molecule has 1 saturated heterocycles. The van der Waals surface area contributed by atoms with Gasteiger partial charge in [0.05, 0.1) is 6.61 Å². The van der Waals surface area contributed by atoms with E-state index in [1.54, 1.807) is 7.11 Å². The fraction of sp³-hybridized carbons (Fsp3) is 1.00. The Morgan fingerprint density at radius 1 is 1.62 bits per heavy atom. The van der Waals surface area contributed by atoms with Crippen LogP contribution in [0.5, 0.6) is 0 Å². The number of rotatable bonds is 4. The number of likely N-dealkylation sites (N-methyl/N-ethyl adjacent to an activating group) is 1. The van der Waals surface area contributed by atoms with Crippen molar-refractivity contribution in [1.29, 1.82) is 0 Å². The van der Waals surface area contributed by atoms with Gasteiger partial charge in [0.1, 0.15) is 6.17 Å². The molecule has 78 valence electrons. The Morgan fingerprint density at radius 2 is 2.31 bits per heavy atom. The van der Waals surface area contributed by atoms with Gasteiger partial charge in [0.25, 0.3) is 0 Å². The zero-order valence-corrected chi connectivity index (χ0v) is 8.59. The number of hydrogen-bond donors (Lipinski definition) is 1. The third kappa shape index (κ3) is 2.62. The molecule has 0 aromatic rings. The van der Waals surface area contributed by atoms with Crippen LogP contribution in [0.2, 0.25) is 0 Å². The number of nitrogens with one attached hydrogen (secondary N) is 1. The number of alkyl halides is 1. The van der Waals surface area contributed by atoms with E-state index in [1.807, 2.05) is 19.0 Å². The highest BCUT2D eigenvalue weighted by atomic mass is 19.1. The van der Waals surface area contributed by atoms with Gasteiger partial charge in [-0.2, -0.15) is 0 Å². The van der Waals surface area contributed by atoms with Crippen LogP contribution < -0.4 is 5.32 Å². The van der Waals surface area contributed by atoms with Crippen molar-refractivity contribution < 1.29 is 9.13 Å². The van der Waals surface area contributed by atoms with Gasteiger partial charge in [-0.25, -0.2) is 4.39 Å². The molecular weight excluding hydrogens is 171 g/mol. The molecule has 3 atom stereocenters. The van der Waals surface area contributed by atoms with Gasteiger partial charge in [-0.15, -0.1) is 0 Å². The lowest BCUT2D eigenvalue weighted by Gasteiger charge is -2.23. The SMILES string of the molecule is CNC(COC)C1CN(C)CC1F. The first kappa shape index (κ1) is 10.9. The highest BCUT2D eigenvalue weighted by Crippen LogP contribution is 2.21. The summed E-state index contributed by atoms with van der Waals surface area (Å²) in [5, 5.41) is 3.10. The second kappa shape index (κ2) is 4.88. The van der Waals surface area contributed by atoms with Crippen molar-refractivity contribution in [2.45, 2.75) is 12.2 Å². The number of halogens is 1. The van der Waals surface area contributed by atoms with Gasteiger partial charge in [0.2, 0.25) is 0 Å². The number of likely N-dealkylation sites (tertiary alicyclic amines) is 1. The number of methoxy groups -OCH3 is 1. The summed E-state index contributed by atoms with van der Waals surface area (Å²) in [6.07, 6.45) is -0.724. The standard InChI is InChI=1S/C9H19FN2O/c1-11-9(6-13-3)7-4-12(2)5-8(7)10/h7-9,11H,4-6H2,1-3H3. The third-order valence-corrected chi connectivity index (χ3v) is 2.71. The predicted molar refractivity (Wildman–Crippen MR) is 50.6 cm³/mol. The summed E-state index contributed by atoms with van der Waals surface area (Å²) < 4.78 is 18.5. The van der Waals surface area contributed by atoms with E-state index in [4.69, 9.17) is 4.74 Å². The van der Waals surface area contributed by atoms with Gasteiger partial charge in [0, 0.05) is 32.2 Å². The van der Waals surface area contributed by atoms with Gasteiger partial charge in [-0.1, -0.05) is 0 Å². The molecule has 0 bridgehead atoms. The normalized spacial score (nSPS) is 32.3. The molecule has 1 rings (SSSR count). The molecule has 0 aromatic carbocycles. The van der Waals surface area contributed by atoms with Crippen LogP contribution in [0, 0.1) is 5.92 Å². The topological polar surface area (TPSA) is 24.5 Å². The van der Waals surface area contributed by atoms with E-state index < -0.39 is 6.17 Å². The Bertz CT molecular complexity index is 157. The minimum atomic E-state index is -0.724. The van der Waals surface area contributed by atoms with Crippen molar-refractivity contribution in [2.75, 3.05) is 40.9 Å². The third-order valence-electron chi connectivity index (χ3n) is 2.71. The van der Waals surface area contributed by atoms with E-state index in [0.29, 0.717) is 13.2 Å². The summed E-state index contributed by atoms with van der Waals surface area (Å²) in [6.45, 7) is 1.94. The summed E-state index contributed by atoms with van der Waals surface area (Å²) in [5.41, 5.74) is 0. The van der Waals surface area contributed by atoms with Gasteiger partial charge in [-0.05, 0) is 14.1 Å². The second-order valence-electron chi connectivity index (χ2n) is 3.75. The lowest BCUT2D eigenvalue weighted by atomic mass is 9.98. The fourth-order valence-electron chi connectivity index (χ4n) is 1.96. The van der Waals surface area contributed by atoms with E-state index >= 15 is 0 Å². The molecule has 1 aliphatic heterocycles. The zero-order chi connectivity index (χ0) is 9.84. The molecule has 0 spiro atoms. The summed E-state index contributed by atoms with van der Waals surface area (Å²) in [4.78, 5) is 2.02. The number of nitrogens with zero attached hydrogens (tertiary/aromatic N) is 1. The second-order valence-corrected chi connectivity index (χ2v) is 3.75. The zero-order valence-electron chi connectivity index (χ0n) is 8.59. The lowest BCUT2D eigenvalue weighted by molar-refractivity contribution is 0.124. The van der Waals surface area contributed by atoms with E-state index in [9.17, 15) is 4.39 Å². The smallest absolute Gasteiger partial charge is 0.118 e. The maximum Gasteiger partial charge on any atom is 0.118 e. The summed E-state index contributed by atoms with van der Waals surface area (Å²) >= 11 is 0. The fourth-order valence-corrected chi connectivity index (χ4v) is 1.96. The first-order valence-corrected chi connectivity index (χ1v) is 4.67. The van der Waals surface area contributed by atoms with Crippen LogP contribution in [0.25, 0.3) is 0 Å². The molecule has 0 amide bonds. The maximum absolute atomic E-state index is 13.5. The maximum atomic E-state index is 13.5. The van der Waals surface area contributed by atoms with Crippen molar-refractivity contribution in [3.63, 3.8) is 0 Å². The Hall–Kier alpha value is -0.190. The molecule has 13 heavy (non-hydrogen) atoms. The first-order valence-electron chi connectivity index (χ1n) is 4.67. The molecule has 3 nitrogen and oxygen atoms in total. The Morgan fingerprint density at radius 3 is 2.69 bits per heavy atom. The molecule has 0 aromatic heterocycles. The van der Waals surface area contributed by atoms with Crippen molar-refractivity contribution in [3.05, 3.63) is 0 Å². The van der Waals surface area contributed by atoms with Crippen molar-refractivity contribution in [3.8, 4) is 0 Å². The minimum Gasteiger partial charge on any atom is -0.383 e. The van der Waals surface area contributed by atoms with Gasteiger partial charge < -0.3 is 15.0 Å². The summed E-state index contributed by atoms with van der Waals surface area (Å²) in [5.74, 6) is 0.0648. The Kier molecular flexibility index (Phi) is 4.09. The van der Waals surface area contributed by atoms with Crippen LogP contribution in [0.1, 0.15) is 0 Å². The van der Waals surface area contributed by atoms with Crippen LogP contribution in [-0.4, -0.2) is 58.0 Å². The van der Waals surface area contributed by atoms with Crippen molar-refractivity contribution in [2.24, 2.45) is 5.92 Å². The monoisotopic (exact) mass is 190 g/mol. The molecular formula is C9H19FN2O. The summed E-state index contributed by atoms with van der Waals surface area (Å²) in [7, 11) is 5.46. The number of hydrogen-bond acceptors (Lipinski definition) is 3. The largest absolute Gasteiger partial charge is 0.383 e. The van der Waals surface area contributed by atoms with E-state index in [1.165, 1.54) is 0 Å². The molecule has 1 fully saturated rings. The first-order chi connectivity index (χ1) is 6.19. The summed E-state index contributed by atoms with van der Waals surface area (Å²) in [6, 6.07) is 0.130. The molecule has 1 heterocycles. The molecule has 1 aliphatic rings. The van der Waals surface area contributed by atoms with Gasteiger partial charge in [-0.3, -0.25) is 0 Å². The van der Waals surface area contributed by atoms with Crippen molar-refractivity contribution in [1.82, 2.24) is 10.2 Å². The van der Waals surface area contributed by atoms with E-state index in [-0.39, 0.29) is 12.0 Å². The van der Waals surface area contributed by atoms with Crippen LogP contribution in [0.4, 0.5) is 4.39 Å². The van der Waals surface area contributed by atoms with E-state index in [0.717, 1.165) is 6.54 Å². The molecule has 4 heteroatoms. The lowest BCUT2D eigenvalue weighted by Crippen LogP contribution is -2.41. The average molecular weight is 190 g/mol. The molecule has 3 unspecified atom stereocenters. The van der Waals surface area contributed by atoms with Gasteiger partial charge >= 0.3 is 0 Å². The van der Waals surface area contributed by atoms with E-state index in [2.05, 4.69) is 5.32 Å². The molecule has 0 radical (unpaired) electrons. The predicted octanol–water partition coefficient (Wildman–Crippen LogP) is 0.120. The van der Waals surface area contributed by atoms with Crippen LogP contribution >= 0.6 is 0 Å². The van der Waals surface area contributed by atoms with Gasteiger partial charge in [0.15, 0.2) is 0 Å². The molecule has 0 saturated carbocycles. The van der Waals surface area contributed by atoms with Crippen LogP contribution in [0.3, 0.4) is 0 Å². The average Bonchev–Trinajstić information content (AvgIpc) is 2.41. The minimum absolute atomic E-state index is 0.0648. The molecule has 0 aliphatic carbocycles. The Labute approximate surface area is 79.2 Å². The Balaban J connectivity index is 2.48. The number of ether oxygens (including phenoxy) is 1. The van der Waals surface area contributed by atoms with Crippen LogP contribution in [0.15, 0.2) is 0 Å².